The lowest BCUT2D eigenvalue weighted by atomic mass is 10.2. The number of anilines is 1. The number of nitrogen functional groups attached to an aromatic ring is 1. The van der Waals surface area contributed by atoms with Crippen LogP contribution in [0, 0.1) is 0 Å². The van der Waals surface area contributed by atoms with Crippen molar-refractivity contribution in [1.82, 2.24) is 4.98 Å². The van der Waals surface area contributed by atoms with Gasteiger partial charge in [0.15, 0.2) is 0 Å². The quantitative estimate of drug-likeness (QED) is 0.513. The van der Waals surface area contributed by atoms with Gasteiger partial charge < -0.3 is 5.73 Å². The number of thiazole rings is 1. The van der Waals surface area contributed by atoms with Crippen LogP contribution in [0.4, 0.5) is 5.69 Å². The van der Waals surface area contributed by atoms with Gasteiger partial charge in [-0.05, 0) is 40.2 Å². The van der Waals surface area contributed by atoms with Gasteiger partial charge in [-0.1, -0.05) is 33.6 Å². The molecule has 6 heteroatoms. The summed E-state index contributed by atoms with van der Waals surface area (Å²) in [6.07, 6.45) is 0. The third-order valence-electron chi connectivity index (χ3n) is 2.69. The van der Waals surface area contributed by atoms with Crippen LogP contribution in [0.2, 0.25) is 5.02 Å². The minimum absolute atomic E-state index is 0.679. The number of nitrogens with two attached hydrogens (primary N) is 1. The van der Waals surface area contributed by atoms with Crippen molar-refractivity contribution in [2.45, 2.75) is 0 Å². The van der Waals surface area contributed by atoms with Gasteiger partial charge in [0.1, 0.15) is 5.01 Å². The van der Waals surface area contributed by atoms with Gasteiger partial charge >= 0.3 is 0 Å². The molecule has 0 saturated carbocycles. The maximum Gasteiger partial charge on any atom is 0.126 e. The molecule has 0 spiro atoms. The minimum Gasteiger partial charge on any atom is -0.397 e. The number of rotatable bonds is 1. The summed E-state index contributed by atoms with van der Waals surface area (Å²) in [6, 6.07) is 9.59. The number of halogens is 3. The minimum atomic E-state index is 0.679. The van der Waals surface area contributed by atoms with Crippen LogP contribution in [-0.2, 0) is 0 Å². The third-order valence-corrected chi connectivity index (χ3v) is 5.37. The van der Waals surface area contributed by atoms with Crippen molar-refractivity contribution >= 4 is 70.7 Å². The SMILES string of the molecule is Nc1c(Br)cc(Br)cc1-c1nc2cccc(Cl)c2s1. The third kappa shape index (κ3) is 2.40. The Hall–Kier alpha value is -0.620. The van der Waals surface area contributed by atoms with E-state index in [4.69, 9.17) is 17.3 Å². The smallest absolute Gasteiger partial charge is 0.126 e. The zero-order chi connectivity index (χ0) is 13.6. The van der Waals surface area contributed by atoms with Gasteiger partial charge in [-0.15, -0.1) is 11.3 Å². The van der Waals surface area contributed by atoms with Gasteiger partial charge in [-0.2, -0.15) is 0 Å². The predicted octanol–water partition coefficient (Wildman–Crippen LogP) is 5.72. The van der Waals surface area contributed by atoms with Crippen molar-refractivity contribution in [1.29, 1.82) is 0 Å². The summed E-state index contributed by atoms with van der Waals surface area (Å²) in [7, 11) is 0. The second-order valence-corrected chi connectivity index (χ2v) is 7.13. The van der Waals surface area contributed by atoms with Crippen LogP contribution >= 0.6 is 54.8 Å². The molecule has 0 fully saturated rings. The average Bonchev–Trinajstić information content (AvgIpc) is 2.79. The van der Waals surface area contributed by atoms with E-state index in [9.17, 15) is 0 Å². The molecule has 0 unspecified atom stereocenters. The lowest BCUT2D eigenvalue weighted by Gasteiger charge is -2.05. The molecule has 2 nitrogen and oxygen atoms in total. The van der Waals surface area contributed by atoms with E-state index in [2.05, 4.69) is 36.8 Å². The lowest BCUT2D eigenvalue weighted by Crippen LogP contribution is -1.91. The number of fused-ring (bicyclic) bond motifs is 1. The molecule has 0 amide bonds. The normalized spacial score (nSPS) is 11.1. The van der Waals surface area contributed by atoms with Crippen molar-refractivity contribution in [2.75, 3.05) is 5.73 Å². The molecular weight excluding hydrogens is 411 g/mol. The van der Waals surface area contributed by atoms with Crippen LogP contribution in [-0.4, -0.2) is 4.98 Å². The maximum atomic E-state index is 6.18. The first-order chi connectivity index (χ1) is 9.06. The molecule has 0 atom stereocenters. The summed E-state index contributed by atoms with van der Waals surface area (Å²) in [5.74, 6) is 0. The Kier molecular flexibility index (Phi) is 3.55. The molecule has 0 aliphatic rings. The highest BCUT2D eigenvalue weighted by atomic mass is 79.9. The fourth-order valence-corrected chi connectivity index (χ4v) is 4.30. The van der Waals surface area contributed by atoms with Crippen LogP contribution in [0.15, 0.2) is 39.3 Å². The molecule has 19 heavy (non-hydrogen) atoms. The van der Waals surface area contributed by atoms with Crippen molar-refractivity contribution in [2.24, 2.45) is 0 Å². The fourth-order valence-electron chi connectivity index (χ4n) is 1.79. The van der Waals surface area contributed by atoms with E-state index in [-0.39, 0.29) is 0 Å². The Labute approximate surface area is 135 Å². The Morgan fingerprint density at radius 2 is 2.00 bits per heavy atom. The zero-order valence-electron chi connectivity index (χ0n) is 9.45. The molecule has 2 N–H and O–H groups in total. The fraction of sp³-hybridized carbons (Fsp3) is 0. The standard InChI is InChI=1S/C13H7Br2ClN2S/c14-6-4-7(11(17)8(15)5-6)13-18-10-3-1-2-9(16)12(10)19-13/h1-5H,17H2. The summed E-state index contributed by atoms with van der Waals surface area (Å²) < 4.78 is 2.78. The number of nitrogens with zero attached hydrogens (tertiary/aromatic N) is 1. The van der Waals surface area contributed by atoms with Gasteiger partial charge in [-0.3, -0.25) is 0 Å². The van der Waals surface area contributed by atoms with Gasteiger partial charge in [0, 0.05) is 14.5 Å². The Morgan fingerprint density at radius 1 is 1.21 bits per heavy atom. The summed E-state index contributed by atoms with van der Waals surface area (Å²) in [5, 5.41) is 1.58. The number of hydrogen-bond acceptors (Lipinski definition) is 3. The number of benzene rings is 2. The van der Waals surface area contributed by atoms with E-state index >= 15 is 0 Å². The Morgan fingerprint density at radius 3 is 2.74 bits per heavy atom. The first kappa shape index (κ1) is 13.4. The zero-order valence-corrected chi connectivity index (χ0v) is 14.2. The van der Waals surface area contributed by atoms with Crippen LogP contribution in [0.25, 0.3) is 20.8 Å². The van der Waals surface area contributed by atoms with Crippen LogP contribution in [0.5, 0.6) is 0 Å². The van der Waals surface area contributed by atoms with Crippen molar-refractivity contribution in [3.05, 3.63) is 44.3 Å². The molecule has 0 saturated heterocycles. The van der Waals surface area contributed by atoms with Crippen LogP contribution in [0.1, 0.15) is 0 Å². The molecule has 1 aromatic heterocycles. The largest absolute Gasteiger partial charge is 0.397 e. The highest BCUT2D eigenvalue weighted by molar-refractivity contribution is 9.11. The van der Waals surface area contributed by atoms with Crippen LogP contribution in [0.3, 0.4) is 0 Å². The Bertz CT molecular complexity index is 786. The maximum absolute atomic E-state index is 6.18. The molecule has 2 aromatic carbocycles. The lowest BCUT2D eigenvalue weighted by molar-refractivity contribution is 1.46. The average molecular weight is 419 g/mol. The van der Waals surface area contributed by atoms with E-state index in [0.29, 0.717) is 10.7 Å². The second kappa shape index (κ2) is 5.05. The van der Waals surface area contributed by atoms with Crippen molar-refractivity contribution in [3.63, 3.8) is 0 Å². The topological polar surface area (TPSA) is 38.9 Å². The molecule has 3 aromatic rings. The summed E-state index contributed by atoms with van der Waals surface area (Å²) >= 11 is 14.6. The predicted molar refractivity (Wildman–Crippen MR) is 89.9 cm³/mol. The summed E-state index contributed by atoms with van der Waals surface area (Å²) in [4.78, 5) is 4.60. The molecule has 96 valence electrons. The molecule has 1 heterocycles. The molecule has 3 rings (SSSR count). The molecule has 0 aliphatic carbocycles. The number of aromatic nitrogens is 1. The van der Waals surface area contributed by atoms with Crippen molar-refractivity contribution in [3.8, 4) is 10.6 Å². The molecule has 0 bridgehead atoms. The van der Waals surface area contributed by atoms with Gasteiger partial charge in [0.2, 0.25) is 0 Å². The summed E-state index contributed by atoms with van der Waals surface area (Å²) in [6.45, 7) is 0. The van der Waals surface area contributed by atoms with E-state index < -0.39 is 0 Å². The monoisotopic (exact) mass is 416 g/mol. The van der Waals surface area contributed by atoms with Gasteiger partial charge in [0.05, 0.1) is 20.9 Å². The van der Waals surface area contributed by atoms with E-state index in [1.165, 1.54) is 0 Å². The van der Waals surface area contributed by atoms with Gasteiger partial charge in [-0.25, -0.2) is 4.98 Å². The second-order valence-electron chi connectivity index (χ2n) is 3.96. The van der Waals surface area contributed by atoms with Crippen LogP contribution < -0.4 is 5.73 Å². The number of hydrogen-bond donors (Lipinski definition) is 1. The van der Waals surface area contributed by atoms with E-state index in [1.807, 2.05) is 30.3 Å². The van der Waals surface area contributed by atoms with Crippen molar-refractivity contribution < 1.29 is 0 Å². The van der Waals surface area contributed by atoms with E-state index in [1.54, 1.807) is 11.3 Å². The van der Waals surface area contributed by atoms with E-state index in [0.717, 1.165) is 29.7 Å². The Balaban J connectivity index is 2.28. The highest BCUT2D eigenvalue weighted by Gasteiger charge is 2.13. The first-order valence-corrected chi connectivity index (χ1v) is 8.14. The molecule has 0 radical (unpaired) electrons. The first-order valence-electron chi connectivity index (χ1n) is 5.36. The molecular formula is C13H7Br2ClN2S. The highest BCUT2D eigenvalue weighted by Crippen LogP contribution is 2.40. The summed E-state index contributed by atoms with van der Waals surface area (Å²) in [5.41, 5.74) is 8.58. The van der Waals surface area contributed by atoms with Gasteiger partial charge in [0.25, 0.3) is 0 Å². The molecule has 0 aliphatic heterocycles.